The summed E-state index contributed by atoms with van der Waals surface area (Å²) in [5.74, 6) is -0.0942. The lowest BCUT2D eigenvalue weighted by molar-refractivity contribution is -0.142. The van der Waals surface area contributed by atoms with Crippen molar-refractivity contribution in [3.05, 3.63) is 30.3 Å². The van der Waals surface area contributed by atoms with Gasteiger partial charge in [0.2, 0.25) is 0 Å². The Morgan fingerprint density at radius 3 is 2.59 bits per heavy atom. The zero-order valence-electron chi connectivity index (χ0n) is 9.84. The van der Waals surface area contributed by atoms with E-state index in [0.29, 0.717) is 6.42 Å². The van der Waals surface area contributed by atoms with Gasteiger partial charge >= 0.3 is 5.97 Å². The predicted octanol–water partition coefficient (Wildman–Crippen LogP) is 3.10. The van der Waals surface area contributed by atoms with E-state index in [9.17, 15) is 4.79 Å². The van der Waals surface area contributed by atoms with Crippen LogP contribution in [-0.4, -0.2) is 17.2 Å². The SMILES string of the molecule is O=C(O)C1CCCCC(Oc2ccccc2)C1. The zero-order valence-corrected chi connectivity index (χ0v) is 9.84. The predicted molar refractivity (Wildman–Crippen MR) is 65.1 cm³/mol. The summed E-state index contributed by atoms with van der Waals surface area (Å²) in [6, 6.07) is 9.64. The molecule has 3 heteroatoms. The fraction of sp³-hybridized carbons (Fsp3) is 0.500. The lowest BCUT2D eigenvalue weighted by Gasteiger charge is -2.19. The van der Waals surface area contributed by atoms with E-state index in [2.05, 4.69) is 0 Å². The van der Waals surface area contributed by atoms with Crippen molar-refractivity contribution < 1.29 is 14.6 Å². The number of carboxylic acid groups (broad SMARTS) is 1. The Kier molecular flexibility index (Phi) is 4.02. The van der Waals surface area contributed by atoms with E-state index in [-0.39, 0.29) is 12.0 Å². The summed E-state index contributed by atoms with van der Waals surface area (Å²) in [6.07, 6.45) is 4.46. The van der Waals surface area contributed by atoms with E-state index in [1.807, 2.05) is 30.3 Å². The van der Waals surface area contributed by atoms with Crippen molar-refractivity contribution in [2.75, 3.05) is 0 Å². The highest BCUT2D eigenvalue weighted by Gasteiger charge is 2.26. The third kappa shape index (κ3) is 3.48. The fourth-order valence-electron chi connectivity index (χ4n) is 2.34. The Morgan fingerprint density at radius 2 is 1.88 bits per heavy atom. The van der Waals surface area contributed by atoms with Gasteiger partial charge in [-0.15, -0.1) is 0 Å². The zero-order chi connectivity index (χ0) is 12.1. The van der Waals surface area contributed by atoms with Crippen LogP contribution in [-0.2, 0) is 4.79 Å². The first-order chi connectivity index (χ1) is 8.25. The standard InChI is InChI=1S/C14H18O3/c15-14(16)11-6-4-5-9-13(10-11)17-12-7-2-1-3-8-12/h1-3,7-8,11,13H,4-6,9-10H2,(H,15,16). The van der Waals surface area contributed by atoms with Crippen molar-refractivity contribution in [2.45, 2.75) is 38.2 Å². The van der Waals surface area contributed by atoms with Crippen LogP contribution in [0.2, 0.25) is 0 Å². The molecule has 1 N–H and O–H groups in total. The molecule has 2 atom stereocenters. The summed E-state index contributed by atoms with van der Waals surface area (Å²) in [6.45, 7) is 0. The third-order valence-corrected chi connectivity index (χ3v) is 3.27. The van der Waals surface area contributed by atoms with Gasteiger partial charge in [0, 0.05) is 0 Å². The van der Waals surface area contributed by atoms with Crippen LogP contribution in [0.25, 0.3) is 0 Å². The fourth-order valence-corrected chi connectivity index (χ4v) is 2.34. The van der Waals surface area contributed by atoms with Gasteiger partial charge in [0.15, 0.2) is 0 Å². The highest BCUT2D eigenvalue weighted by atomic mass is 16.5. The highest BCUT2D eigenvalue weighted by Crippen LogP contribution is 2.26. The summed E-state index contributed by atoms with van der Waals surface area (Å²) >= 11 is 0. The van der Waals surface area contributed by atoms with Crippen molar-refractivity contribution in [1.82, 2.24) is 0 Å². The number of carbonyl (C=O) groups is 1. The number of hydrogen-bond donors (Lipinski definition) is 1. The molecule has 0 aliphatic heterocycles. The third-order valence-electron chi connectivity index (χ3n) is 3.27. The Labute approximate surface area is 101 Å². The maximum atomic E-state index is 11.0. The molecule has 3 nitrogen and oxygen atoms in total. The van der Waals surface area contributed by atoms with Gasteiger partial charge in [-0.25, -0.2) is 0 Å². The Bertz CT molecular complexity index is 361. The normalized spacial score (nSPS) is 24.9. The smallest absolute Gasteiger partial charge is 0.306 e. The van der Waals surface area contributed by atoms with E-state index in [1.165, 1.54) is 0 Å². The molecule has 0 saturated heterocycles. The van der Waals surface area contributed by atoms with E-state index in [0.717, 1.165) is 31.4 Å². The largest absolute Gasteiger partial charge is 0.490 e. The first-order valence-electron chi connectivity index (χ1n) is 6.20. The van der Waals surface area contributed by atoms with E-state index >= 15 is 0 Å². The molecule has 0 radical (unpaired) electrons. The average molecular weight is 234 g/mol. The molecule has 0 heterocycles. The summed E-state index contributed by atoms with van der Waals surface area (Å²) in [7, 11) is 0. The summed E-state index contributed by atoms with van der Waals surface area (Å²) in [4.78, 5) is 11.0. The van der Waals surface area contributed by atoms with Gasteiger partial charge in [0.25, 0.3) is 0 Å². The quantitative estimate of drug-likeness (QED) is 0.817. The van der Waals surface area contributed by atoms with Gasteiger partial charge in [-0.3, -0.25) is 4.79 Å². The van der Waals surface area contributed by atoms with E-state index < -0.39 is 5.97 Å². The van der Waals surface area contributed by atoms with Crippen LogP contribution >= 0.6 is 0 Å². The molecular weight excluding hydrogens is 216 g/mol. The number of hydrogen-bond acceptors (Lipinski definition) is 2. The molecule has 92 valence electrons. The van der Waals surface area contributed by atoms with Gasteiger partial charge in [-0.1, -0.05) is 24.6 Å². The molecule has 2 rings (SSSR count). The van der Waals surface area contributed by atoms with E-state index in [4.69, 9.17) is 9.84 Å². The second kappa shape index (κ2) is 5.71. The average Bonchev–Trinajstić information content (AvgIpc) is 2.56. The summed E-state index contributed by atoms with van der Waals surface area (Å²) in [5.41, 5.74) is 0. The Morgan fingerprint density at radius 1 is 1.18 bits per heavy atom. The molecule has 2 unspecified atom stereocenters. The summed E-state index contributed by atoms with van der Waals surface area (Å²) < 4.78 is 5.85. The van der Waals surface area contributed by atoms with Crippen LogP contribution in [0.5, 0.6) is 5.75 Å². The first-order valence-corrected chi connectivity index (χ1v) is 6.20. The Hall–Kier alpha value is -1.51. The molecule has 1 fully saturated rings. The molecule has 17 heavy (non-hydrogen) atoms. The molecule has 1 saturated carbocycles. The lowest BCUT2D eigenvalue weighted by atomic mass is 10.00. The number of aliphatic carboxylic acids is 1. The highest BCUT2D eigenvalue weighted by molar-refractivity contribution is 5.70. The molecule has 1 aliphatic carbocycles. The molecule has 1 aromatic carbocycles. The molecule has 0 bridgehead atoms. The van der Waals surface area contributed by atoms with Crippen molar-refractivity contribution in [3.63, 3.8) is 0 Å². The summed E-state index contributed by atoms with van der Waals surface area (Å²) in [5, 5.41) is 9.09. The van der Waals surface area contributed by atoms with Gasteiger partial charge < -0.3 is 9.84 Å². The van der Waals surface area contributed by atoms with Crippen LogP contribution in [0.3, 0.4) is 0 Å². The van der Waals surface area contributed by atoms with Gasteiger partial charge in [-0.05, 0) is 37.8 Å². The number of benzene rings is 1. The maximum absolute atomic E-state index is 11.0. The van der Waals surface area contributed by atoms with Crippen molar-refractivity contribution in [3.8, 4) is 5.75 Å². The van der Waals surface area contributed by atoms with Gasteiger partial charge in [0.1, 0.15) is 5.75 Å². The minimum atomic E-state index is -0.687. The van der Waals surface area contributed by atoms with Crippen molar-refractivity contribution >= 4 is 5.97 Å². The molecule has 1 aromatic rings. The van der Waals surface area contributed by atoms with Crippen LogP contribution < -0.4 is 4.74 Å². The number of ether oxygens (including phenoxy) is 1. The van der Waals surface area contributed by atoms with Crippen LogP contribution in [0.4, 0.5) is 0 Å². The first kappa shape index (κ1) is 12.0. The minimum absolute atomic E-state index is 0.0426. The number of rotatable bonds is 3. The van der Waals surface area contributed by atoms with Crippen LogP contribution in [0, 0.1) is 5.92 Å². The van der Waals surface area contributed by atoms with Gasteiger partial charge in [-0.2, -0.15) is 0 Å². The monoisotopic (exact) mass is 234 g/mol. The lowest BCUT2D eigenvalue weighted by Crippen LogP contribution is -2.23. The van der Waals surface area contributed by atoms with Gasteiger partial charge in [0.05, 0.1) is 12.0 Å². The Balaban J connectivity index is 1.97. The van der Waals surface area contributed by atoms with Crippen LogP contribution in [0.1, 0.15) is 32.1 Å². The molecule has 0 aromatic heterocycles. The molecule has 1 aliphatic rings. The second-order valence-electron chi connectivity index (χ2n) is 4.61. The van der Waals surface area contributed by atoms with E-state index in [1.54, 1.807) is 0 Å². The number of carboxylic acids is 1. The molecule has 0 spiro atoms. The number of para-hydroxylation sites is 1. The molecule has 0 amide bonds. The maximum Gasteiger partial charge on any atom is 0.306 e. The topological polar surface area (TPSA) is 46.5 Å². The molecular formula is C14H18O3. The van der Waals surface area contributed by atoms with Crippen molar-refractivity contribution in [2.24, 2.45) is 5.92 Å². The second-order valence-corrected chi connectivity index (χ2v) is 4.61. The minimum Gasteiger partial charge on any atom is -0.490 e. The van der Waals surface area contributed by atoms with Crippen LogP contribution in [0.15, 0.2) is 30.3 Å². The van der Waals surface area contributed by atoms with Crippen molar-refractivity contribution in [1.29, 1.82) is 0 Å².